The lowest BCUT2D eigenvalue weighted by Gasteiger charge is -2.29. The Morgan fingerprint density at radius 2 is 1.71 bits per heavy atom. The van der Waals surface area contributed by atoms with Gasteiger partial charge >= 0.3 is 0 Å². The monoisotopic (exact) mass is 419 g/mol. The number of fused-ring (bicyclic) bond motifs is 1. The summed E-state index contributed by atoms with van der Waals surface area (Å²) in [6, 6.07) is 17.1. The van der Waals surface area contributed by atoms with Crippen LogP contribution < -0.4 is 5.56 Å². The van der Waals surface area contributed by atoms with Crippen LogP contribution in [0.25, 0.3) is 10.9 Å². The van der Waals surface area contributed by atoms with Crippen molar-refractivity contribution in [1.82, 2.24) is 14.5 Å². The summed E-state index contributed by atoms with van der Waals surface area (Å²) in [6.45, 7) is 7.15. The first-order valence-corrected chi connectivity index (χ1v) is 11.4. The summed E-state index contributed by atoms with van der Waals surface area (Å²) in [4.78, 5) is 33.1. The minimum atomic E-state index is -0.287. The maximum absolute atomic E-state index is 13.4. The van der Waals surface area contributed by atoms with Crippen LogP contribution in [0, 0.1) is 0 Å². The number of carbonyl (C=O) groups is 1. The molecule has 1 heterocycles. The fraction of sp³-hybridized carbons (Fsp3) is 0.423. The molecule has 1 unspecified atom stereocenters. The Labute approximate surface area is 184 Å². The van der Waals surface area contributed by atoms with E-state index in [1.54, 1.807) is 4.57 Å². The van der Waals surface area contributed by atoms with Crippen molar-refractivity contribution < 1.29 is 4.79 Å². The number of rotatable bonds is 10. The van der Waals surface area contributed by atoms with E-state index in [4.69, 9.17) is 4.98 Å². The van der Waals surface area contributed by atoms with Crippen LogP contribution in [0.4, 0.5) is 0 Å². The molecular weight excluding hydrogens is 386 g/mol. The largest absolute Gasteiger partial charge is 0.333 e. The maximum Gasteiger partial charge on any atom is 0.261 e. The Morgan fingerprint density at radius 3 is 2.42 bits per heavy atom. The molecule has 3 rings (SSSR count). The van der Waals surface area contributed by atoms with Gasteiger partial charge in [-0.1, -0.05) is 68.7 Å². The first-order valence-electron chi connectivity index (χ1n) is 11.4. The Bertz CT molecular complexity index is 1060. The zero-order chi connectivity index (χ0) is 22.2. The number of amides is 1. The van der Waals surface area contributed by atoms with Crippen molar-refractivity contribution in [3.8, 4) is 0 Å². The number of para-hydroxylation sites is 1. The van der Waals surface area contributed by atoms with E-state index in [0.717, 1.165) is 31.2 Å². The van der Waals surface area contributed by atoms with Crippen LogP contribution >= 0.6 is 0 Å². The van der Waals surface area contributed by atoms with Crippen molar-refractivity contribution in [1.29, 1.82) is 0 Å². The summed E-state index contributed by atoms with van der Waals surface area (Å²) in [5.74, 6) is 0.760. The fourth-order valence-electron chi connectivity index (χ4n) is 4.08. The second-order valence-electron chi connectivity index (χ2n) is 8.03. The second kappa shape index (κ2) is 10.9. The van der Waals surface area contributed by atoms with Crippen LogP contribution in [-0.4, -0.2) is 26.9 Å². The van der Waals surface area contributed by atoms with Gasteiger partial charge in [-0.2, -0.15) is 0 Å². The van der Waals surface area contributed by atoms with Crippen LogP contribution in [0.5, 0.6) is 0 Å². The lowest BCUT2D eigenvalue weighted by molar-refractivity contribution is -0.133. The topological polar surface area (TPSA) is 55.2 Å². The molecule has 0 aliphatic rings. The molecule has 1 atom stereocenters. The third kappa shape index (κ3) is 5.40. The van der Waals surface area contributed by atoms with Gasteiger partial charge in [-0.05, 0) is 38.0 Å². The van der Waals surface area contributed by atoms with Crippen LogP contribution in [0.15, 0.2) is 59.4 Å². The van der Waals surface area contributed by atoms with E-state index < -0.39 is 0 Å². The third-order valence-corrected chi connectivity index (χ3v) is 5.82. The molecule has 0 aliphatic carbocycles. The maximum atomic E-state index is 13.4. The molecule has 0 saturated heterocycles. The summed E-state index contributed by atoms with van der Waals surface area (Å²) in [5.41, 5.74) is 1.64. The van der Waals surface area contributed by atoms with Gasteiger partial charge in [0.15, 0.2) is 0 Å². The highest BCUT2D eigenvalue weighted by Gasteiger charge is 2.25. The minimum absolute atomic E-state index is 0.0669. The summed E-state index contributed by atoms with van der Waals surface area (Å²) >= 11 is 0. The summed E-state index contributed by atoms with van der Waals surface area (Å²) in [5, 5.41) is 0.600. The summed E-state index contributed by atoms with van der Waals surface area (Å²) < 4.78 is 1.73. The highest BCUT2D eigenvalue weighted by atomic mass is 16.2. The van der Waals surface area contributed by atoms with Gasteiger partial charge in [-0.3, -0.25) is 14.2 Å². The highest BCUT2D eigenvalue weighted by Crippen LogP contribution is 2.22. The molecular formula is C26H33N3O2. The predicted molar refractivity (Wildman–Crippen MR) is 126 cm³/mol. The standard InChI is InChI=1S/C26H33N3O2/c1-4-6-7-11-18-24(30)28(5-2)20(3)25-27-23-17-13-12-16-22(23)26(31)29(25)19-21-14-9-8-10-15-21/h8-10,12-17,20H,4-7,11,18-19H2,1-3H3. The molecule has 5 nitrogen and oxygen atoms in total. The lowest BCUT2D eigenvalue weighted by atomic mass is 10.1. The molecule has 5 heteroatoms. The van der Waals surface area contributed by atoms with E-state index in [1.165, 1.54) is 0 Å². The van der Waals surface area contributed by atoms with Gasteiger partial charge in [0.25, 0.3) is 5.56 Å². The molecule has 0 bridgehead atoms. The van der Waals surface area contributed by atoms with Crippen LogP contribution in [0.3, 0.4) is 0 Å². The minimum Gasteiger partial charge on any atom is -0.333 e. The number of aromatic nitrogens is 2. The molecule has 3 aromatic rings. The zero-order valence-corrected chi connectivity index (χ0v) is 18.9. The molecule has 0 aliphatic heterocycles. The Balaban J connectivity index is 1.99. The fourth-order valence-corrected chi connectivity index (χ4v) is 4.08. The molecule has 0 fully saturated rings. The van der Waals surface area contributed by atoms with E-state index in [9.17, 15) is 9.59 Å². The van der Waals surface area contributed by atoms with Gasteiger partial charge in [0, 0.05) is 13.0 Å². The number of hydrogen-bond acceptors (Lipinski definition) is 3. The Kier molecular flexibility index (Phi) is 7.99. The third-order valence-electron chi connectivity index (χ3n) is 5.82. The lowest BCUT2D eigenvalue weighted by Crippen LogP contribution is -2.37. The van der Waals surface area contributed by atoms with Gasteiger partial charge in [-0.15, -0.1) is 0 Å². The van der Waals surface area contributed by atoms with E-state index >= 15 is 0 Å². The number of unbranched alkanes of at least 4 members (excludes halogenated alkanes) is 3. The second-order valence-corrected chi connectivity index (χ2v) is 8.03. The van der Waals surface area contributed by atoms with Gasteiger partial charge in [0.05, 0.1) is 23.5 Å². The zero-order valence-electron chi connectivity index (χ0n) is 18.9. The molecule has 0 spiro atoms. The van der Waals surface area contributed by atoms with Crippen molar-refractivity contribution >= 4 is 16.8 Å². The van der Waals surface area contributed by atoms with Crippen molar-refractivity contribution in [3.05, 3.63) is 76.3 Å². The van der Waals surface area contributed by atoms with Crippen molar-refractivity contribution in [3.63, 3.8) is 0 Å². The van der Waals surface area contributed by atoms with E-state index in [1.807, 2.05) is 73.3 Å². The van der Waals surface area contributed by atoms with Gasteiger partial charge in [0.2, 0.25) is 5.91 Å². The van der Waals surface area contributed by atoms with Crippen LogP contribution in [0.1, 0.15) is 70.3 Å². The van der Waals surface area contributed by atoms with E-state index in [-0.39, 0.29) is 17.5 Å². The van der Waals surface area contributed by atoms with Crippen molar-refractivity contribution in [2.24, 2.45) is 0 Å². The quantitative estimate of drug-likeness (QED) is 0.418. The van der Waals surface area contributed by atoms with Crippen molar-refractivity contribution in [2.45, 2.75) is 65.5 Å². The average molecular weight is 420 g/mol. The van der Waals surface area contributed by atoms with Crippen LogP contribution in [-0.2, 0) is 11.3 Å². The van der Waals surface area contributed by atoms with Crippen LogP contribution in [0.2, 0.25) is 0 Å². The average Bonchev–Trinajstić information content (AvgIpc) is 2.79. The molecule has 164 valence electrons. The van der Waals surface area contributed by atoms with Gasteiger partial charge in [-0.25, -0.2) is 4.98 Å². The smallest absolute Gasteiger partial charge is 0.261 e. The summed E-state index contributed by atoms with van der Waals surface area (Å²) in [6.07, 6.45) is 4.81. The predicted octanol–water partition coefficient (Wildman–Crippen LogP) is 5.32. The number of nitrogens with zero attached hydrogens (tertiary/aromatic N) is 3. The SMILES string of the molecule is CCCCCCC(=O)N(CC)C(C)c1nc2ccccc2c(=O)n1Cc1ccccc1. The molecule has 0 saturated carbocycles. The molecule has 1 amide bonds. The van der Waals surface area contributed by atoms with Crippen molar-refractivity contribution in [2.75, 3.05) is 6.54 Å². The molecule has 31 heavy (non-hydrogen) atoms. The Hall–Kier alpha value is -2.95. The molecule has 0 N–H and O–H groups in total. The van der Waals surface area contributed by atoms with Gasteiger partial charge in [0.1, 0.15) is 5.82 Å². The molecule has 1 aromatic heterocycles. The highest BCUT2D eigenvalue weighted by molar-refractivity contribution is 5.78. The molecule has 0 radical (unpaired) electrons. The van der Waals surface area contributed by atoms with E-state index in [0.29, 0.717) is 36.2 Å². The Morgan fingerprint density at radius 1 is 1.00 bits per heavy atom. The normalized spacial score (nSPS) is 12.1. The first kappa shape index (κ1) is 22.7. The number of hydrogen-bond donors (Lipinski definition) is 0. The number of carbonyl (C=O) groups excluding carboxylic acids is 1. The number of benzene rings is 2. The summed E-state index contributed by atoms with van der Waals surface area (Å²) in [7, 11) is 0. The van der Waals surface area contributed by atoms with E-state index in [2.05, 4.69) is 6.92 Å². The first-order chi connectivity index (χ1) is 15.1. The molecule has 2 aromatic carbocycles. The van der Waals surface area contributed by atoms with Gasteiger partial charge < -0.3 is 4.90 Å².